The molecule has 0 heterocycles. The van der Waals surface area contributed by atoms with Crippen LogP contribution in [0.1, 0.15) is 0 Å². The first-order chi connectivity index (χ1) is 2.27. The van der Waals surface area contributed by atoms with Gasteiger partial charge in [0.1, 0.15) is 0 Å². The average molecular weight is 77.8 g/mol. The summed E-state index contributed by atoms with van der Waals surface area (Å²) in [5.41, 5.74) is 0. The highest BCUT2D eigenvalue weighted by Gasteiger charge is 1.90. The zero-order valence-electron chi connectivity index (χ0n) is 2.32. The predicted molar refractivity (Wildman–Crippen MR) is 12.8 cm³/mol. The number of hydrogen-bond acceptors (Lipinski definition) is 1. The summed E-state index contributed by atoms with van der Waals surface area (Å²) in [5, 5.41) is 0. The Morgan fingerprint density at radius 2 is 1.80 bits per heavy atom. The zero-order valence-corrected chi connectivity index (χ0v) is 2.32. The largest absolute Gasteiger partial charge is 0.397 e. The van der Waals surface area contributed by atoms with Crippen molar-refractivity contribution in [2.75, 3.05) is 0 Å². The van der Waals surface area contributed by atoms with Crippen LogP contribution in [0.15, 0.2) is 0 Å². The molecule has 0 amide bonds. The molecule has 2 radical (unpaired) electrons. The Balaban J connectivity index is 2.54. The molecule has 0 N–H and O–H groups in total. The first-order valence-corrected chi connectivity index (χ1v) is 0.908. The lowest BCUT2D eigenvalue weighted by atomic mass is 10.6. The quantitative estimate of drug-likeness (QED) is 0.410. The van der Waals surface area contributed by atoms with Gasteiger partial charge in [0.15, 0.2) is 0 Å². The summed E-state index contributed by atoms with van der Waals surface area (Å²) in [6.07, 6.45) is 0. The van der Waals surface area contributed by atoms with Gasteiger partial charge >= 0.3 is 6.61 Å². The number of halogens is 2. The van der Waals surface area contributed by atoms with Crippen LogP contribution < -0.4 is 0 Å². The van der Waals surface area contributed by atoms with Gasteiger partial charge in [0.05, 0.1) is 0 Å². The van der Waals surface area contributed by atoms with Gasteiger partial charge in [0, 0.05) is 0 Å². The van der Waals surface area contributed by atoms with Crippen LogP contribution in [0.25, 0.3) is 0 Å². The minimum Gasteiger partial charge on any atom is -0.397 e. The first-order valence-electron chi connectivity index (χ1n) is 0.908. The summed E-state index contributed by atoms with van der Waals surface area (Å²) < 4.78 is 23.8. The fourth-order valence-electron chi connectivity index (χ4n) is 0. The third-order valence-corrected chi connectivity index (χ3v) is 0.103. The summed E-state index contributed by atoms with van der Waals surface area (Å²) in [7, 11) is 3.92. The molecule has 4 heteroatoms. The van der Waals surface area contributed by atoms with Crippen LogP contribution in [0.3, 0.4) is 0 Å². The molecule has 0 aromatic rings. The highest BCUT2D eigenvalue weighted by molar-refractivity contribution is 5.97. The maximum Gasteiger partial charge on any atom is 0.331 e. The van der Waals surface area contributed by atoms with Gasteiger partial charge in [-0.2, -0.15) is 8.78 Å². The van der Waals surface area contributed by atoms with E-state index in [0.717, 1.165) is 0 Å². The Kier molecular flexibility index (Phi) is 2.09. The fourth-order valence-corrected chi connectivity index (χ4v) is 0. The molecule has 0 aliphatic carbocycles. The fraction of sp³-hybridized carbons (Fsp3) is 1.00. The lowest BCUT2D eigenvalue weighted by molar-refractivity contribution is -0.0445. The van der Waals surface area contributed by atoms with E-state index in [-0.39, 0.29) is 0 Å². The normalized spacial score (nSPS) is 9.40. The van der Waals surface area contributed by atoms with Crippen molar-refractivity contribution >= 4 is 8.05 Å². The van der Waals surface area contributed by atoms with E-state index in [2.05, 4.69) is 12.7 Å². The number of rotatable bonds is 1. The van der Waals surface area contributed by atoms with Crippen molar-refractivity contribution in [2.45, 2.75) is 6.61 Å². The molecule has 0 bridgehead atoms. The summed E-state index contributed by atoms with van der Waals surface area (Å²) in [4.78, 5) is 0. The topological polar surface area (TPSA) is 9.23 Å². The maximum absolute atomic E-state index is 10.4. The molecule has 0 atom stereocenters. The molecule has 0 saturated carbocycles. The minimum absolute atomic E-state index is 2.84. The monoisotopic (exact) mass is 78.0 g/mol. The van der Waals surface area contributed by atoms with E-state index >= 15 is 0 Å². The second kappa shape index (κ2) is 2.14. The Labute approximate surface area is 29.4 Å². The average Bonchev–Trinajstić information content (AvgIpc) is 1.38. The molecule has 0 aromatic heterocycles. The van der Waals surface area contributed by atoms with Crippen LogP contribution in [0.2, 0.25) is 0 Å². The van der Waals surface area contributed by atoms with Crippen LogP contribution >= 0.6 is 0 Å². The summed E-state index contributed by atoms with van der Waals surface area (Å²) >= 11 is 0. The van der Waals surface area contributed by atoms with Gasteiger partial charge in [-0.1, -0.05) is 0 Å². The smallest absolute Gasteiger partial charge is 0.331 e. The molecule has 28 valence electrons. The molecule has 0 aromatic carbocycles. The SMILES string of the molecule is [B]OC(F)F. The van der Waals surface area contributed by atoms with Crippen molar-refractivity contribution in [2.24, 2.45) is 0 Å². The van der Waals surface area contributed by atoms with Gasteiger partial charge in [0.2, 0.25) is 0 Å². The van der Waals surface area contributed by atoms with Crippen LogP contribution in [0, 0.1) is 0 Å². The van der Waals surface area contributed by atoms with Crippen molar-refractivity contribution < 1.29 is 13.4 Å². The number of hydrogen-bond donors (Lipinski definition) is 0. The zero-order chi connectivity index (χ0) is 4.28. The van der Waals surface area contributed by atoms with Crippen LogP contribution in [-0.4, -0.2) is 14.7 Å². The van der Waals surface area contributed by atoms with Gasteiger partial charge in [-0.15, -0.1) is 0 Å². The molecule has 0 saturated heterocycles. The summed E-state index contributed by atoms with van der Waals surface area (Å²) in [6.45, 7) is -2.84. The highest BCUT2D eigenvalue weighted by atomic mass is 19.3. The predicted octanol–water partition coefficient (Wildman–Crippen LogP) is 0.309. The maximum atomic E-state index is 10.4. The van der Waals surface area contributed by atoms with Gasteiger partial charge in [-0.05, 0) is 0 Å². The van der Waals surface area contributed by atoms with Crippen LogP contribution in [0.5, 0.6) is 0 Å². The molecular formula is CHBF2O. The lowest BCUT2D eigenvalue weighted by Gasteiger charge is -1.86. The van der Waals surface area contributed by atoms with E-state index in [0.29, 0.717) is 0 Å². The Morgan fingerprint density at radius 3 is 1.80 bits per heavy atom. The number of alkyl halides is 2. The summed E-state index contributed by atoms with van der Waals surface area (Å²) in [6, 6.07) is 0. The minimum atomic E-state index is -2.84. The first kappa shape index (κ1) is 4.88. The standard InChI is InChI=1S/CHBF2O/c2-5-1(3)4/h1H. The van der Waals surface area contributed by atoms with E-state index < -0.39 is 6.61 Å². The highest BCUT2D eigenvalue weighted by Crippen LogP contribution is 1.86. The van der Waals surface area contributed by atoms with E-state index in [1.165, 1.54) is 0 Å². The molecule has 5 heavy (non-hydrogen) atoms. The molecule has 1 nitrogen and oxygen atoms in total. The van der Waals surface area contributed by atoms with Crippen molar-refractivity contribution in [1.82, 2.24) is 0 Å². The van der Waals surface area contributed by atoms with Gasteiger partial charge in [0.25, 0.3) is 8.05 Å². The van der Waals surface area contributed by atoms with Gasteiger partial charge < -0.3 is 4.65 Å². The third-order valence-electron chi connectivity index (χ3n) is 0.103. The Hall–Kier alpha value is -0.115. The van der Waals surface area contributed by atoms with Crippen LogP contribution in [0.4, 0.5) is 8.78 Å². The van der Waals surface area contributed by atoms with E-state index in [9.17, 15) is 8.78 Å². The van der Waals surface area contributed by atoms with Crippen molar-refractivity contribution in [3.05, 3.63) is 0 Å². The lowest BCUT2D eigenvalue weighted by Crippen LogP contribution is -1.91. The van der Waals surface area contributed by atoms with E-state index in [1.807, 2.05) is 0 Å². The third kappa shape index (κ3) is 3.88. The molecule has 0 fully saturated rings. The summed E-state index contributed by atoms with van der Waals surface area (Å²) in [5.74, 6) is 0. The van der Waals surface area contributed by atoms with E-state index in [4.69, 9.17) is 0 Å². The Bertz CT molecular complexity index is 23.6. The van der Waals surface area contributed by atoms with Crippen molar-refractivity contribution in [3.63, 3.8) is 0 Å². The van der Waals surface area contributed by atoms with Crippen molar-refractivity contribution in [1.29, 1.82) is 0 Å². The molecule has 0 aliphatic heterocycles. The van der Waals surface area contributed by atoms with Crippen LogP contribution in [-0.2, 0) is 4.65 Å². The second-order valence-electron chi connectivity index (χ2n) is 0.397. The Morgan fingerprint density at radius 1 is 1.60 bits per heavy atom. The molecule has 0 spiro atoms. The molecule has 0 unspecified atom stereocenters. The molecular weight excluding hydrogens is 76.8 g/mol. The molecule has 0 rings (SSSR count). The van der Waals surface area contributed by atoms with Gasteiger partial charge in [-0.3, -0.25) is 0 Å². The van der Waals surface area contributed by atoms with E-state index in [1.54, 1.807) is 0 Å². The van der Waals surface area contributed by atoms with Gasteiger partial charge in [-0.25, -0.2) is 0 Å². The van der Waals surface area contributed by atoms with Crippen molar-refractivity contribution in [3.8, 4) is 0 Å². The molecule has 0 aliphatic rings. The second-order valence-corrected chi connectivity index (χ2v) is 0.397.